The largest absolute Gasteiger partial charge is 0.493 e. The topological polar surface area (TPSA) is 85.9 Å². The fourth-order valence-electron chi connectivity index (χ4n) is 2.78. The summed E-state index contributed by atoms with van der Waals surface area (Å²) in [5, 5.41) is 5.67. The van der Waals surface area contributed by atoms with Crippen LogP contribution in [0.25, 0.3) is 0 Å². The predicted octanol–water partition coefficient (Wildman–Crippen LogP) is 3.04. The second kappa shape index (κ2) is 11.7. The summed E-state index contributed by atoms with van der Waals surface area (Å²) in [6, 6.07) is 12.3. The van der Waals surface area contributed by atoms with Crippen LogP contribution >= 0.6 is 0 Å². The van der Waals surface area contributed by atoms with E-state index in [-0.39, 0.29) is 18.2 Å². The zero-order valence-electron chi connectivity index (χ0n) is 17.1. The highest BCUT2D eigenvalue weighted by Crippen LogP contribution is 2.27. The monoisotopic (exact) mass is 400 g/mol. The molecule has 29 heavy (non-hydrogen) atoms. The third kappa shape index (κ3) is 6.80. The van der Waals surface area contributed by atoms with E-state index < -0.39 is 0 Å². The number of benzene rings is 2. The van der Waals surface area contributed by atoms with Crippen LogP contribution in [0.4, 0.5) is 5.69 Å². The molecule has 0 fully saturated rings. The van der Waals surface area contributed by atoms with Crippen LogP contribution in [0.15, 0.2) is 42.5 Å². The van der Waals surface area contributed by atoms with Crippen molar-refractivity contribution in [1.29, 1.82) is 0 Å². The van der Waals surface area contributed by atoms with E-state index in [0.29, 0.717) is 42.5 Å². The maximum absolute atomic E-state index is 12.5. The fraction of sp³-hybridized carbons (Fsp3) is 0.364. The number of rotatable bonds is 11. The Hall–Kier alpha value is -3.06. The first-order chi connectivity index (χ1) is 14.1. The molecule has 2 aromatic carbocycles. The Morgan fingerprint density at radius 2 is 1.76 bits per heavy atom. The molecule has 0 saturated carbocycles. The molecule has 2 N–H and O–H groups in total. The van der Waals surface area contributed by atoms with Crippen LogP contribution in [0.2, 0.25) is 0 Å². The van der Waals surface area contributed by atoms with Gasteiger partial charge >= 0.3 is 0 Å². The lowest BCUT2D eigenvalue weighted by Crippen LogP contribution is -2.27. The van der Waals surface area contributed by atoms with Gasteiger partial charge in [-0.15, -0.1) is 0 Å². The first-order valence-corrected chi connectivity index (χ1v) is 9.54. The van der Waals surface area contributed by atoms with Gasteiger partial charge in [0.25, 0.3) is 5.91 Å². The second-order valence-electron chi connectivity index (χ2n) is 6.27. The summed E-state index contributed by atoms with van der Waals surface area (Å²) in [7, 11) is 3.11. The van der Waals surface area contributed by atoms with Gasteiger partial charge in [-0.05, 0) is 43.2 Å². The molecule has 7 heteroatoms. The number of hydrogen-bond donors (Lipinski definition) is 2. The van der Waals surface area contributed by atoms with E-state index in [0.717, 1.165) is 12.0 Å². The summed E-state index contributed by atoms with van der Waals surface area (Å²) < 4.78 is 15.7. The van der Waals surface area contributed by atoms with Gasteiger partial charge in [-0.3, -0.25) is 9.59 Å². The lowest BCUT2D eigenvalue weighted by atomic mass is 10.1. The number of carbonyl (C=O) groups is 2. The van der Waals surface area contributed by atoms with Crippen molar-refractivity contribution in [2.75, 3.05) is 39.3 Å². The van der Waals surface area contributed by atoms with E-state index in [2.05, 4.69) is 10.6 Å². The Balaban J connectivity index is 1.99. The molecule has 0 heterocycles. The minimum absolute atomic E-state index is 0.144. The summed E-state index contributed by atoms with van der Waals surface area (Å²) in [6.07, 6.45) is 0.873. The molecule has 0 spiro atoms. The predicted molar refractivity (Wildman–Crippen MR) is 112 cm³/mol. The smallest absolute Gasteiger partial charge is 0.253 e. The molecule has 0 radical (unpaired) electrons. The average Bonchev–Trinajstić information content (AvgIpc) is 2.73. The van der Waals surface area contributed by atoms with Crippen molar-refractivity contribution >= 4 is 17.5 Å². The van der Waals surface area contributed by atoms with Crippen molar-refractivity contribution in [2.45, 2.75) is 19.8 Å². The molecule has 0 aliphatic carbocycles. The minimum atomic E-state index is -0.233. The van der Waals surface area contributed by atoms with E-state index in [1.54, 1.807) is 56.7 Å². The fourth-order valence-corrected chi connectivity index (χ4v) is 2.78. The molecular formula is C22H28N2O5. The Bertz CT molecular complexity index is 823. The minimum Gasteiger partial charge on any atom is -0.493 e. The molecule has 2 aromatic rings. The molecular weight excluding hydrogens is 372 g/mol. The van der Waals surface area contributed by atoms with Crippen molar-refractivity contribution in [3.05, 3.63) is 53.6 Å². The van der Waals surface area contributed by atoms with E-state index in [1.165, 1.54) is 0 Å². The Kier molecular flexibility index (Phi) is 8.98. The summed E-state index contributed by atoms with van der Waals surface area (Å²) in [5.41, 5.74) is 1.67. The highest BCUT2D eigenvalue weighted by Gasteiger charge is 2.14. The van der Waals surface area contributed by atoms with Gasteiger partial charge in [0.1, 0.15) is 0 Å². The molecule has 0 bridgehead atoms. The summed E-state index contributed by atoms with van der Waals surface area (Å²) in [5.74, 6) is 0.699. The van der Waals surface area contributed by atoms with Crippen LogP contribution in [-0.2, 0) is 16.0 Å². The standard InChI is InChI=1S/C22H28N2O5/c1-4-29-13-7-12-23-22(26)17-8-5-6-9-18(17)24-21(25)15-16-10-11-19(27-2)20(14-16)28-3/h5-6,8-11,14H,4,7,12-13,15H2,1-3H3,(H,23,26)(H,24,25). The van der Waals surface area contributed by atoms with Crippen LogP contribution in [0.3, 0.4) is 0 Å². The third-order valence-corrected chi connectivity index (χ3v) is 4.21. The number of ether oxygens (including phenoxy) is 3. The number of para-hydroxylation sites is 1. The average molecular weight is 400 g/mol. The molecule has 7 nitrogen and oxygen atoms in total. The van der Waals surface area contributed by atoms with Gasteiger partial charge in [-0.25, -0.2) is 0 Å². The SMILES string of the molecule is CCOCCCNC(=O)c1ccccc1NC(=O)Cc1ccc(OC)c(OC)c1. The quantitative estimate of drug-likeness (QED) is 0.566. The lowest BCUT2D eigenvalue weighted by Gasteiger charge is -2.12. The highest BCUT2D eigenvalue weighted by atomic mass is 16.5. The van der Waals surface area contributed by atoms with E-state index in [1.807, 2.05) is 6.92 Å². The van der Waals surface area contributed by atoms with E-state index in [9.17, 15) is 9.59 Å². The number of carbonyl (C=O) groups excluding carboxylic acids is 2. The van der Waals surface area contributed by atoms with Gasteiger partial charge in [-0.2, -0.15) is 0 Å². The zero-order chi connectivity index (χ0) is 21.1. The zero-order valence-corrected chi connectivity index (χ0v) is 17.1. The van der Waals surface area contributed by atoms with Crippen LogP contribution < -0.4 is 20.1 Å². The molecule has 156 valence electrons. The van der Waals surface area contributed by atoms with Crippen molar-refractivity contribution in [2.24, 2.45) is 0 Å². The maximum atomic E-state index is 12.5. The first kappa shape index (κ1) is 22.2. The molecule has 0 aromatic heterocycles. The van der Waals surface area contributed by atoms with Gasteiger partial charge in [0.2, 0.25) is 5.91 Å². The molecule has 0 atom stereocenters. The third-order valence-electron chi connectivity index (χ3n) is 4.21. The van der Waals surface area contributed by atoms with Crippen LogP contribution in [0.5, 0.6) is 11.5 Å². The van der Waals surface area contributed by atoms with Gasteiger partial charge in [-0.1, -0.05) is 18.2 Å². The van der Waals surface area contributed by atoms with Crippen molar-refractivity contribution in [1.82, 2.24) is 5.32 Å². The Labute approximate surface area is 171 Å². The van der Waals surface area contributed by atoms with E-state index in [4.69, 9.17) is 14.2 Å². The van der Waals surface area contributed by atoms with Crippen molar-refractivity contribution in [3.8, 4) is 11.5 Å². The highest BCUT2D eigenvalue weighted by molar-refractivity contribution is 6.04. The van der Waals surface area contributed by atoms with Crippen molar-refractivity contribution in [3.63, 3.8) is 0 Å². The molecule has 0 saturated heterocycles. The van der Waals surface area contributed by atoms with Crippen molar-refractivity contribution < 1.29 is 23.8 Å². The lowest BCUT2D eigenvalue weighted by molar-refractivity contribution is -0.115. The van der Waals surface area contributed by atoms with Crippen LogP contribution in [0, 0.1) is 0 Å². The summed E-state index contributed by atoms with van der Waals surface area (Å²) in [4.78, 5) is 25.0. The summed E-state index contributed by atoms with van der Waals surface area (Å²) in [6.45, 7) is 3.69. The molecule has 0 aliphatic heterocycles. The number of nitrogens with one attached hydrogen (secondary N) is 2. The molecule has 0 unspecified atom stereocenters. The number of methoxy groups -OCH3 is 2. The summed E-state index contributed by atoms with van der Waals surface area (Å²) >= 11 is 0. The number of anilines is 1. The van der Waals surface area contributed by atoms with E-state index >= 15 is 0 Å². The first-order valence-electron chi connectivity index (χ1n) is 9.54. The van der Waals surface area contributed by atoms with Crippen LogP contribution in [-0.4, -0.2) is 45.8 Å². The number of hydrogen-bond acceptors (Lipinski definition) is 5. The van der Waals surface area contributed by atoms with Gasteiger partial charge in [0, 0.05) is 19.8 Å². The van der Waals surface area contributed by atoms with Gasteiger partial charge < -0.3 is 24.8 Å². The molecule has 0 aliphatic rings. The normalized spacial score (nSPS) is 10.3. The van der Waals surface area contributed by atoms with Gasteiger partial charge in [0.15, 0.2) is 11.5 Å². The second-order valence-corrected chi connectivity index (χ2v) is 6.27. The number of amides is 2. The van der Waals surface area contributed by atoms with Gasteiger partial charge in [0.05, 0.1) is 31.9 Å². The Morgan fingerprint density at radius 3 is 2.48 bits per heavy atom. The molecule has 2 amide bonds. The van der Waals surface area contributed by atoms with Crippen LogP contribution in [0.1, 0.15) is 29.3 Å². The maximum Gasteiger partial charge on any atom is 0.253 e. The molecule has 2 rings (SSSR count). The Morgan fingerprint density at radius 1 is 1.00 bits per heavy atom.